The highest BCUT2D eigenvalue weighted by molar-refractivity contribution is 5.78. The van der Waals surface area contributed by atoms with Crippen LogP contribution in [-0.2, 0) is 17.9 Å². The molecule has 0 radical (unpaired) electrons. The first kappa shape index (κ1) is 18.3. The summed E-state index contributed by atoms with van der Waals surface area (Å²) in [6, 6.07) is 26.5. The normalized spacial score (nSPS) is 13.1. The van der Waals surface area contributed by atoms with Gasteiger partial charge in [-0.2, -0.15) is 0 Å². The van der Waals surface area contributed by atoms with Crippen LogP contribution < -0.4 is 10.1 Å². The van der Waals surface area contributed by atoms with Crippen LogP contribution in [0.1, 0.15) is 11.1 Å². The maximum Gasteiger partial charge on any atom is 0.234 e. The molecule has 0 bridgehead atoms. The summed E-state index contributed by atoms with van der Waals surface area (Å²) in [6.07, 6.45) is 0. The third-order valence-corrected chi connectivity index (χ3v) is 4.92. The molecule has 3 aromatic rings. The Hall–Kier alpha value is -3.11. The number of para-hydroxylation sites is 1. The van der Waals surface area contributed by atoms with Crippen LogP contribution in [0.3, 0.4) is 0 Å². The second-order valence-electron chi connectivity index (χ2n) is 6.97. The molecule has 1 heterocycles. The van der Waals surface area contributed by atoms with Gasteiger partial charge in [-0.1, -0.05) is 66.7 Å². The molecular formula is C24H24N2O2. The van der Waals surface area contributed by atoms with E-state index in [9.17, 15) is 4.79 Å². The molecule has 28 heavy (non-hydrogen) atoms. The van der Waals surface area contributed by atoms with Crippen LogP contribution in [0, 0.1) is 0 Å². The highest BCUT2D eigenvalue weighted by Gasteiger charge is 2.20. The highest BCUT2D eigenvalue weighted by Crippen LogP contribution is 2.32. The molecule has 1 N–H and O–H groups in total. The first-order valence-electron chi connectivity index (χ1n) is 9.63. The molecule has 1 aliphatic rings. The summed E-state index contributed by atoms with van der Waals surface area (Å²) in [7, 11) is 0. The number of fused-ring (bicyclic) bond motifs is 3. The quantitative estimate of drug-likeness (QED) is 0.668. The van der Waals surface area contributed by atoms with E-state index in [1.807, 2.05) is 30.3 Å². The first-order valence-corrected chi connectivity index (χ1v) is 9.63. The number of carbonyl (C=O) groups is 1. The van der Waals surface area contributed by atoms with Crippen LogP contribution >= 0.6 is 0 Å². The van der Waals surface area contributed by atoms with Crippen molar-refractivity contribution in [3.8, 4) is 16.9 Å². The van der Waals surface area contributed by atoms with Crippen LogP contribution in [-0.4, -0.2) is 30.5 Å². The molecule has 0 unspecified atom stereocenters. The Labute approximate surface area is 165 Å². The number of hydrogen-bond acceptors (Lipinski definition) is 3. The van der Waals surface area contributed by atoms with Crippen molar-refractivity contribution in [3.63, 3.8) is 0 Å². The maximum atomic E-state index is 12.5. The van der Waals surface area contributed by atoms with Crippen molar-refractivity contribution in [2.24, 2.45) is 0 Å². The average molecular weight is 372 g/mol. The predicted octanol–water partition coefficient (Wildman–Crippen LogP) is 3.86. The van der Waals surface area contributed by atoms with Crippen molar-refractivity contribution < 1.29 is 9.53 Å². The Bertz CT molecular complexity index is 893. The Morgan fingerprint density at radius 1 is 0.821 bits per heavy atom. The first-order chi connectivity index (χ1) is 13.8. The van der Waals surface area contributed by atoms with E-state index in [-0.39, 0.29) is 5.91 Å². The summed E-state index contributed by atoms with van der Waals surface area (Å²) in [5.41, 5.74) is 5.04. The van der Waals surface area contributed by atoms with Gasteiger partial charge in [0.05, 0.1) is 13.1 Å². The SMILES string of the molecule is O=C(CN1Cc2ccccc2-c2ccccc2C1)NCCOc1ccccc1. The van der Waals surface area contributed by atoms with Crippen LogP contribution in [0.4, 0.5) is 0 Å². The number of ether oxygens (including phenoxy) is 1. The third kappa shape index (κ3) is 4.41. The van der Waals surface area contributed by atoms with E-state index >= 15 is 0 Å². The minimum Gasteiger partial charge on any atom is -0.492 e. The smallest absolute Gasteiger partial charge is 0.234 e. The van der Waals surface area contributed by atoms with Gasteiger partial charge in [0, 0.05) is 13.1 Å². The van der Waals surface area contributed by atoms with Crippen molar-refractivity contribution in [2.45, 2.75) is 13.1 Å². The van der Waals surface area contributed by atoms with Crippen molar-refractivity contribution in [3.05, 3.63) is 90.0 Å². The zero-order valence-corrected chi connectivity index (χ0v) is 15.8. The number of amides is 1. The van der Waals surface area contributed by atoms with Gasteiger partial charge >= 0.3 is 0 Å². The van der Waals surface area contributed by atoms with Gasteiger partial charge in [-0.3, -0.25) is 9.69 Å². The van der Waals surface area contributed by atoms with E-state index in [4.69, 9.17) is 4.74 Å². The van der Waals surface area contributed by atoms with Crippen molar-refractivity contribution in [1.82, 2.24) is 10.2 Å². The lowest BCUT2D eigenvalue weighted by molar-refractivity contribution is -0.122. The average Bonchev–Trinajstić information content (AvgIpc) is 2.88. The number of nitrogens with zero attached hydrogens (tertiary/aromatic N) is 1. The lowest BCUT2D eigenvalue weighted by atomic mass is 9.97. The van der Waals surface area contributed by atoms with E-state index in [1.54, 1.807) is 0 Å². The molecular weight excluding hydrogens is 348 g/mol. The Morgan fingerprint density at radius 3 is 2.04 bits per heavy atom. The molecule has 0 aliphatic carbocycles. The molecule has 0 atom stereocenters. The summed E-state index contributed by atoms with van der Waals surface area (Å²) in [4.78, 5) is 14.6. The number of carbonyl (C=O) groups excluding carboxylic acids is 1. The van der Waals surface area contributed by atoms with E-state index in [0.717, 1.165) is 18.8 Å². The number of benzene rings is 3. The zero-order valence-electron chi connectivity index (χ0n) is 15.8. The van der Waals surface area contributed by atoms with E-state index in [2.05, 4.69) is 58.7 Å². The minimum absolute atomic E-state index is 0.0218. The fourth-order valence-electron chi connectivity index (χ4n) is 3.63. The van der Waals surface area contributed by atoms with Gasteiger partial charge in [-0.25, -0.2) is 0 Å². The summed E-state index contributed by atoms with van der Waals surface area (Å²) < 4.78 is 5.63. The molecule has 1 aliphatic heterocycles. The summed E-state index contributed by atoms with van der Waals surface area (Å²) >= 11 is 0. The highest BCUT2D eigenvalue weighted by atomic mass is 16.5. The molecule has 142 valence electrons. The van der Waals surface area contributed by atoms with Gasteiger partial charge in [0.25, 0.3) is 0 Å². The standard InChI is InChI=1S/C24H24N2O2/c27-24(25-14-15-28-21-10-2-1-3-11-21)18-26-16-19-8-4-6-12-22(19)23-13-7-5-9-20(23)17-26/h1-13H,14-18H2,(H,25,27). The van der Waals surface area contributed by atoms with Crippen molar-refractivity contribution in [1.29, 1.82) is 0 Å². The second-order valence-corrected chi connectivity index (χ2v) is 6.97. The largest absolute Gasteiger partial charge is 0.492 e. The number of rotatable bonds is 6. The van der Waals surface area contributed by atoms with Gasteiger partial charge in [-0.15, -0.1) is 0 Å². The molecule has 3 aromatic carbocycles. The molecule has 0 saturated heterocycles. The summed E-state index contributed by atoms with van der Waals surface area (Å²) in [5, 5.41) is 2.96. The van der Waals surface area contributed by atoms with Crippen molar-refractivity contribution in [2.75, 3.05) is 19.7 Å². The van der Waals surface area contributed by atoms with E-state index < -0.39 is 0 Å². The van der Waals surface area contributed by atoms with Crippen LogP contribution in [0.2, 0.25) is 0 Å². The summed E-state index contributed by atoms with van der Waals surface area (Å²) in [6.45, 7) is 2.85. The lowest BCUT2D eigenvalue weighted by Gasteiger charge is -2.20. The van der Waals surface area contributed by atoms with Gasteiger partial charge in [-0.05, 0) is 34.4 Å². The molecule has 0 fully saturated rings. The minimum atomic E-state index is 0.0218. The van der Waals surface area contributed by atoms with Crippen molar-refractivity contribution >= 4 is 5.91 Å². The Kier molecular flexibility index (Phi) is 5.69. The number of nitrogens with one attached hydrogen (secondary N) is 1. The van der Waals surface area contributed by atoms with Gasteiger partial charge in [0.1, 0.15) is 12.4 Å². The maximum absolute atomic E-state index is 12.5. The third-order valence-electron chi connectivity index (χ3n) is 4.92. The molecule has 4 rings (SSSR count). The van der Waals surface area contributed by atoms with E-state index in [0.29, 0.717) is 19.7 Å². The van der Waals surface area contributed by atoms with Crippen LogP contribution in [0.15, 0.2) is 78.9 Å². The second kappa shape index (κ2) is 8.72. The van der Waals surface area contributed by atoms with Gasteiger partial charge < -0.3 is 10.1 Å². The molecule has 4 heteroatoms. The fourth-order valence-corrected chi connectivity index (χ4v) is 3.63. The van der Waals surface area contributed by atoms with Crippen LogP contribution in [0.5, 0.6) is 5.75 Å². The molecule has 1 amide bonds. The monoisotopic (exact) mass is 372 g/mol. The molecule has 0 aromatic heterocycles. The topological polar surface area (TPSA) is 41.6 Å². The molecule has 4 nitrogen and oxygen atoms in total. The molecule has 0 spiro atoms. The molecule has 0 saturated carbocycles. The predicted molar refractivity (Wildman–Crippen MR) is 111 cm³/mol. The Morgan fingerprint density at radius 2 is 1.39 bits per heavy atom. The van der Waals surface area contributed by atoms with Crippen LogP contribution in [0.25, 0.3) is 11.1 Å². The van der Waals surface area contributed by atoms with Gasteiger partial charge in [0.15, 0.2) is 0 Å². The Balaban J connectivity index is 1.35. The number of hydrogen-bond donors (Lipinski definition) is 1. The lowest BCUT2D eigenvalue weighted by Crippen LogP contribution is -2.38. The fraction of sp³-hybridized carbons (Fsp3) is 0.208. The zero-order chi connectivity index (χ0) is 19.2. The summed E-state index contributed by atoms with van der Waals surface area (Å²) in [5.74, 6) is 0.839. The van der Waals surface area contributed by atoms with E-state index in [1.165, 1.54) is 22.3 Å². The van der Waals surface area contributed by atoms with Gasteiger partial charge in [0.2, 0.25) is 5.91 Å².